The highest BCUT2D eigenvalue weighted by molar-refractivity contribution is 7.12. The summed E-state index contributed by atoms with van der Waals surface area (Å²) in [6.45, 7) is 3.70. The molecule has 2 rings (SSSR count). The zero-order valence-corrected chi connectivity index (χ0v) is 7.34. The van der Waals surface area contributed by atoms with E-state index in [1.54, 1.807) is 0 Å². The van der Waals surface area contributed by atoms with Gasteiger partial charge in [0.05, 0.1) is 4.70 Å². The summed E-state index contributed by atoms with van der Waals surface area (Å²) in [5.41, 5.74) is 2.22. The van der Waals surface area contributed by atoms with Gasteiger partial charge in [0.15, 0.2) is 0 Å². The lowest BCUT2D eigenvalue weighted by atomic mass is 10.1. The van der Waals surface area contributed by atoms with Gasteiger partial charge in [0.1, 0.15) is 5.52 Å². The second-order valence-corrected chi connectivity index (χ2v) is 3.32. The minimum Gasteiger partial charge on any atom is -0.138 e. The Labute approximate surface area is 74.7 Å². The predicted octanol–water partition coefficient (Wildman–Crippen LogP) is 2.42. The van der Waals surface area contributed by atoms with Crippen LogP contribution in [0.3, 0.4) is 0 Å². The number of rotatable bonds is 2. The fourth-order valence-electron chi connectivity index (χ4n) is 1.18. The monoisotopic (exact) mass is 176 g/mol. The van der Waals surface area contributed by atoms with Crippen LogP contribution in [-0.2, 0) is 6.42 Å². The molecular weight excluding hydrogens is 168 g/mol. The topological polar surface area (TPSA) is 25.8 Å². The summed E-state index contributed by atoms with van der Waals surface area (Å²) in [6, 6.07) is 6.12. The van der Waals surface area contributed by atoms with Crippen LogP contribution < -0.4 is 0 Å². The van der Waals surface area contributed by atoms with E-state index in [4.69, 9.17) is 0 Å². The molecule has 3 heteroatoms. The summed E-state index contributed by atoms with van der Waals surface area (Å²) < 4.78 is 5.05. The normalized spacial score (nSPS) is 10.3. The van der Waals surface area contributed by atoms with Gasteiger partial charge in [-0.1, -0.05) is 22.7 Å². The van der Waals surface area contributed by atoms with Gasteiger partial charge in [-0.3, -0.25) is 0 Å². The van der Waals surface area contributed by atoms with Crippen molar-refractivity contribution in [2.45, 2.75) is 6.42 Å². The minimum atomic E-state index is 0.864. The molecular formula is C9H8N2S. The number of allylic oxidation sites excluding steroid dienone is 1. The lowest BCUT2D eigenvalue weighted by Gasteiger charge is -1.94. The van der Waals surface area contributed by atoms with Crippen molar-refractivity contribution in [2.75, 3.05) is 0 Å². The van der Waals surface area contributed by atoms with Gasteiger partial charge in [-0.2, -0.15) is 0 Å². The van der Waals surface area contributed by atoms with Crippen LogP contribution in [0.2, 0.25) is 0 Å². The van der Waals surface area contributed by atoms with Crippen LogP contribution in [0.1, 0.15) is 5.56 Å². The van der Waals surface area contributed by atoms with Gasteiger partial charge in [-0.05, 0) is 29.6 Å². The highest BCUT2D eigenvalue weighted by atomic mass is 32.1. The highest BCUT2D eigenvalue weighted by Gasteiger charge is 2.01. The maximum Gasteiger partial charge on any atom is 0.109 e. The molecule has 0 atom stereocenters. The molecule has 1 heterocycles. The lowest BCUT2D eigenvalue weighted by Crippen LogP contribution is -1.82. The molecule has 0 bridgehead atoms. The van der Waals surface area contributed by atoms with Crippen molar-refractivity contribution >= 4 is 21.7 Å². The fourth-order valence-corrected chi connectivity index (χ4v) is 1.79. The maximum atomic E-state index is 4.06. The van der Waals surface area contributed by atoms with Gasteiger partial charge in [0, 0.05) is 0 Å². The Morgan fingerprint density at radius 3 is 3.25 bits per heavy atom. The summed E-state index contributed by atoms with van der Waals surface area (Å²) >= 11 is 1.43. The summed E-state index contributed by atoms with van der Waals surface area (Å²) in [5, 5.41) is 4.06. The van der Waals surface area contributed by atoms with Gasteiger partial charge in [-0.15, -0.1) is 11.7 Å². The SMILES string of the molecule is C=CCc1cccc2snnc12. The van der Waals surface area contributed by atoms with Crippen LogP contribution in [0, 0.1) is 0 Å². The van der Waals surface area contributed by atoms with Crippen LogP contribution in [0.5, 0.6) is 0 Å². The van der Waals surface area contributed by atoms with E-state index in [1.807, 2.05) is 18.2 Å². The summed E-state index contributed by atoms with van der Waals surface area (Å²) in [5.74, 6) is 0. The molecule has 0 saturated heterocycles. The molecule has 0 saturated carbocycles. The first-order valence-electron chi connectivity index (χ1n) is 3.72. The number of nitrogens with zero attached hydrogens (tertiary/aromatic N) is 2. The Hall–Kier alpha value is -1.22. The molecule has 0 unspecified atom stereocenters. The van der Waals surface area contributed by atoms with Crippen LogP contribution in [0.4, 0.5) is 0 Å². The van der Waals surface area contributed by atoms with Gasteiger partial charge >= 0.3 is 0 Å². The molecule has 2 aromatic rings. The molecule has 0 amide bonds. The maximum absolute atomic E-state index is 4.06. The molecule has 0 radical (unpaired) electrons. The zero-order valence-electron chi connectivity index (χ0n) is 6.53. The smallest absolute Gasteiger partial charge is 0.109 e. The summed E-state index contributed by atoms with van der Waals surface area (Å²) in [7, 11) is 0. The Balaban J connectivity index is 2.65. The minimum absolute atomic E-state index is 0.864. The van der Waals surface area contributed by atoms with Gasteiger partial charge in [0.2, 0.25) is 0 Å². The van der Waals surface area contributed by atoms with Crippen molar-refractivity contribution in [2.24, 2.45) is 0 Å². The first-order valence-corrected chi connectivity index (χ1v) is 4.50. The van der Waals surface area contributed by atoms with Crippen LogP contribution >= 0.6 is 11.5 Å². The number of hydrogen-bond acceptors (Lipinski definition) is 3. The molecule has 2 nitrogen and oxygen atoms in total. The van der Waals surface area contributed by atoms with E-state index in [1.165, 1.54) is 17.1 Å². The molecule has 60 valence electrons. The molecule has 12 heavy (non-hydrogen) atoms. The highest BCUT2D eigenvalue weighted by Crippen LogP contribution is 2.19. The lowest BCUT2D eigenvalue weighted by molar-refractivity contribution is 1.17. The van der Waals surface area contributed by atoms with E-state index < -0.39 is 0 Å². The first kappa shape index (κ1) is 7.43. The molecule has 0 spiro atoms. The van der Waals surface area contributed by atoms with Crippen molar-refractivity contribution in [1.82, 2.24) is 9.59 Å². The molecule has 1 aromatic carbocycles. The molecule has 0 aliphatic heterocycles. The third-order valence-corrected chi connectivity index (χ3v) is 2.42. The van der Waals surface area contributed by atoms with Crippen molar-refractivity contribution in [1.29, 1.82) is 0 Å². The number of aromatic nitrogens is 2. The van der Waals surface area contributed by atoms with Crippen molar-refractivity contribution in [3.8, 4) is 0 Å². The third kappa shape index (κ3) is 1.12. The third-order valence-electron chi connectivity index (χ3n) is 1.73. The number of benzene rings is 1. The van der Waals surface area contributed by atoms with Crippen LogP contribution in [0.25, 0.3) is 10.2 Å². The fraction of sp³-hybridized carbons (Fsp3) is 0.111. The molecule has 1 aromatic heterocycles. The molecule has 0 aliphatic rings. The van der Waals surface area contributed by atoms with Gasteiger partial charge < -0.3 is 0 Å². The van der Waals surface area contributed by atoms with Crippen LogP contribution in [-0.4, -0.2) is 9.59 Å². The second-order valence-electron chi connectivity index (χ2n) is 2.53. The van der Waals surface area contributed by atoms with Crippen molar-refractivity contribution in [3.05, 3.63) is 36.4 Å². The Morgan fingerprint density at radius 1 is 1.50 bits per heavy atom. The van der Waals surface area contributed by atoms with Crippen LogP contribution in [0.15, 0.2) is 30.9 Å². The van der Waals surface area contributed by atoms with E-state index in [2.05, 4.69) is 22.2 Å². The molecule has 0 fully saturated rings. The van der Waals surface area contributed by atoms with E-state index >= 15 is 0 Å². The zero-order chi connectivity index (χ0) is 8.39. The first-order chi connectivity index (χ1) is 5.92. The van der Waals surface area contributed by atoms with E-state index in [0.717, 1.165) is 16.6 Å². The Bertz CT molecular complexity index is 406. The van der Waals surface area contributed by atoms with Crippen molar-refractivity contribution < 1.29 is 0 Å². The Kier molecular flexibility index (Phi) is 1.87. The van der Waals surface area contributed by atoms with E-state index in [9.17, 15) is 0 Å². The van der Waals surface area contributed by atoms with Gasteiger partial charge in [-0.25, -0.2) is 0 Å². The Morgan fingerprint density at radius 2 is 2.42 bits per heavy atom. The van der Waals surface area contributed by atoms with E-state index in [-0.39, 0.29) is 0 Å². The largest absolute Gasteiger partial charge is 0.138 e. The average molecular weight is 176 g/mol. The number of hydrogen-bond donors (Lipinski definition) is 0. The predicted molar refractivity (Wildman–Crippen MR) is 51.3 cm³/mol. The summed E-state index contributed by atoms with van der Waals surface area (Å²) in [4.78, 5) is 0. The van der Waals surface area contributed by atoms with Crippen molar-refractivity contribution in [3.63, 3.8) is 0 Å². The number of fused-ring (bicyclic) bond motifs is 1. The summed E-state index contributed by atoms with van der Waals surface area (Å²) in [6.07, 6.45) is 2.75. The second kappa shape index (κ2) is 3.03. The molecule has 0 aliphatic carbocycles. The quantitative estimate of drug-likeness (QED) is 0.657. The van der Waals surface area contributed by atoms with Gasteiger partial charge in [0.25, 0.3) is 0 Å². The van der Waals surface area contributed by atoms with E-state index in [0.29, 0.717) is 0 Å². The standard InChI is InChI=1S/C9H8N2S/c1-2-4-7-5-3-6-8-9(7)10-11-12-8/h2-3,5-6H,1,4H2. The average Bonchev–Trinajstić information content (AvgIpc) is 2.53. The molecule has 0 N–H and O–H groups in total.